The Bertz CT molecular complexity index is 2900. The molecule has 194 valence electrons. The first-order valence-corrected chi connectivity index (χ1v) is 15.2. The summed E-state index contributed by atoms with van der Waals surface area (Å²) in [6.07, 6.45) is 0. The summed E-state index contributed by atoms with van der Waals surface area (Å²) in [7, 11) is 0. The molecule has 0 bridgehead atoms. The van der Waals surface area contributed by atoms with Crippen LogP contribution in [0.25, 0.3) is 92.7 Å². The molecule has 0 saturated heterocycles. The molecular formula is C40H21BN2. The summed E-state index contributed by atoms with van der Waals surface area (Å²) >= 11 is 0. The van der Waals surface area contributed by atoms with Crippen molar-refractivity contribution in [1.29, 1.82) is 0 Å². The molecule has 2 aromatic heterocycles. The quantitative estimate of drug-likeness (QED) is 0.135. The second kappa shape index (κ2) is 6.91. The van der Waals surface area contributed by atoms with Crippen LogP contribution in [0.3, 0.4) is 0 Å². The fraction of sp³-hybridized carbons (Fsp3) is 0. The first-order chi connectivity index (χ1) is 21.4. The van der Waals surface area contributed by atoms with Gasteiger partial charge in [0.25, 0.3) is 0 Å². The molecule has 0 N–H and O–H groups in total. The molecule has 0 aliphatic carbocycles. The normalized spacial score (nSPS) is 13.5. The van der Waals surface area contributed by atoms with E-state index in [1.807, 2.05) is 0 Å². The van der Waals surface area contributed by atoms with Crippen molar-refractivity contribution >= 4 is 93.7 Å². The van der Waals surface area contributed by atoms with Crippen LogP contribution in [0.15, 0.2) is 127 Å². The van der Waals surface area contributed by atoms with E-state index >= 15 is 0 Å². The van der Waals surface area contributed by atoms with Crippen molar-refractivity contribution in [3.8, 4) is 16.8 Å². The van der Waals surface area contributed by atoms with Crippen molar-refractivity contribution in [3.05, 3.63) is 127 Å². The van der Waals surface area contributed by atoms with Crippen molar-refractivity contribution in [1.82, 2.24) is 9.05 Å². The number of fused-ring (bicyclic) bond motifs is 12. The zero-order chi connectivity index (χ0) is 27.6. The molecule has 2 aliphatic rings. The van der Waals surface area contributed by atoms with Crippen molar-refractivity contribution in [2.45, 2.75) is 0 Å². The summed E-state index contributed by atoms with van der Waals surface area (Å²) in [5.41, 5.74) is 12.1. The molecule has 0 amide bonds. The molecule has 0 unspecified atom stereocenters. The average molecular weight is 540 g/mol. The maximum Gasteiger partial charge on any atom is 0.333 e. The Hall–Kier alpha value is -5.54. The predicted molar refractivity (Wildman–Crippen MR) is 183 cm³/mol. The van der Waals surface area contributed by atoms with Gasteiger partial charge in [-0.25, -0.2) is 0 Å². The molecule has 0 radical (unpaired) electrons. The van der Waals surface area contributed by atoms with Crippen molar-refractivity contribution in [3.63, 3.8) is 0 Å². The first kappa shape index (κ1) is 21.2. The average Bonchev–Trinajstić information content (AvgIpc) is 3.60. The van der Waals surface area contributed by atoms with E-state index in [1.54, 1.807) is 0 Å². The van der Waals surface area contributed by atoms with E-state index in [0.717, 1.165) is 0 Å². The lowest BCUT2D eigenvalue weighted by Gasteiger charge is -2.34. The lowest BCUT2D eigenvalue weighted by molar-refractivity contribution is 1.18. The van der Waals surface area contributed by atoms with E-state index in [0.29, 0.717) is 0 Å². The third-order valence-corrected chi connectivity index (χ3v) is 10.6. The highest BCUT2D eigenvalue weighted by Gasteiger charge is 2.42. The molecule has 3 heteroatoms. The summed E-state index contributed by atoms with van der Waals surface area (Å²) in [6.45, 7) is 0.0845. The lowest BCUT2D eigenvalue weighted by atomic mass is 9.45. The van der Waals surface area contributed by atoms with Crippen LogP contribution >= 0.6 is 0 Å². The van der Waals surface area contributed by atoms with Gasteiger partial charge in [0.2, 0.25) is 0 Å². The van der Waals surface area contributed by atoms with Gasteiger partial charge in [-0.3, -0.25) is 0 Å². The molecule has 8 aromatic carbocycles. The fourth-order valence-corrected chi connectivity index (χ4v) is 9.04. The van der Waals surface area contributed by atoms with Crippen LogP contribution in [-0.4, -0.2) is 15.9 Å². The predicted octanol–water partition coefficient (Wildman–Crippen LogP) is 8.74. The van der Waals surface area contributed by atoms with Crippen LogP contribution in [0.2, 0.25) is 0 Å². The molecule has 2 nitrogen and oxygen atoms in total. The topological polar surface area (TPSA) is 9.86 Å². The second-order valence-electron chi connectivity index (χ2n) is 12.4. The third-order valence-electron chi connectivity index (χ3n) is 10.6. The Morgan fingerprint density at radius 1 is 0.442 bits per heavy atom. The highest BCUT2D eigenvalue weighted by atomic mass is 15.0. The van der Waals surface area contributed by atoms with Crippen LogP contribution in [0.4, 0.5) is 0 Å². The lowest BCUT2D eigenvalue weighted by Crippen LogP contribution is -2.55. The number of aromatic nitrogens is 2. The number of hydrogen-bond donors (Lipinski definition) is 0. The van der Waals surface area contributed by atoms with Gasteiger partial charge in [-0.05, 0) is 73.1 Å². The van der Waals surface area contributed by atoms with Gasteiger partial charge < -0.3 is 9.05 Å². The maximum atomic E-state index is 2.70. The summed E-state index contributed by atoms with van der Waals surface area (Å²) in [5.74, 6) is 0. The molecule has 2 aliphatic heterocycles. The van der Waals surface area contributed by atoms with E-state index in [1.165, 1.54) is 104 Å². The van der Waals surface area contributed by atoms with E-state index in [9.17, 15) is 0 Å². The SMILES string of the molecule is c1cc2c3c(c1)-n1c4cccc5ccc6ccc(c1c6c54)B3n1c3ccc4ccccc4c3c3c4ccccc4cc-2c31. The Morgan fingerprint density at radius 3 is 2.07 bits per heavy atom. The molecule has 10 aromatic rings. The number of benzene rings is 8. The van der Waals surface area contributed by atoms with Gasteiger partial charge in [-0.15, -0.1) is 0 Å². The first-order valence-electron chi connectivity index (χ1n) is 15.2. The van der Waals surface area contributed by atoms with E-state index in [2.05, 4.69) is 136 Å². The standard InChI is InChI=1S/C40H21BN2/c1-3-10-26-22(7-1)18-20-32-36(26)37-27-11-4-2-8-25(27)21-29-28-12-6-14-33-38(28)41(43(32)39(29)37)30-19-17-24-16-15-23-9-5-13-31-34(23)35(24)40(30)42(31)33/h1-21H. The Morgan fingerprint density at radius 2 is 1.16 bits per heavy atom. The maximum absolute atomic E-state index is 2.70. The van der Waals surface area contributed by atoms with E-state index in [-0.39, 0.29) is 6.85 Å². The number of nitrogens with zero attached hydrogens (tertiary/aromatic N) is 2. The summed E-state index contributed by atoms with van der Waals surface area (Å²) in [4.78, 5) is 0. The van der Waals surface area contributed by atoms with Gasteiger partial charge in [0.15, 0.2) is 0 Å². The van der Waals surface area contributed by atoms with Gasteiger partial charge in [-0.2, -0.15) is 0 Å². The second-order valence-corrected chi connectivity index (χ2v) is 12.4. The Kier molecular flexibility index (Phi) is 3.41. The van der Waals surface area contributed by atoms with Crippen LogP contribution in [0.1, 0.15) is 0 Å². The fourth-order valence-electron chi connectivity index (χ4n) is 9.04. The molecular weight excluding hydrogens is 519 g/mol. The zero-order valence-corrected chi connectivity index (χ0v) is 23.1. The van der Waals surface area contributed by atoms with Crippen LogP contribution in [0.5, 0.6) is 0 Å². The molecule has 43 heavy (non-hydrogen) atoms. The van der Waals surface area contributed by atoms with Gasteiger partial charge >= 0.3 is 6.85 Å². The molecule has 0 fully saturated rings. The molecule has 0 spiro atoms. The Balaban J connectivity index is 1.39. The van der Waals surface area contributed by atoms with Crippen LogP contribution in [-0.2, 0) is 0 Å². The third kappa shape index (κ3) is 2.23. The van der Waals surface area contributed by atoms with Gasteiger partial charge in [-0.1, -0.05) is 103 Å². The number of rotatable bonds is 0. The van der Waals surface area contributed by atoms with E-state index < -0.39 is 0 Å². The molecule has 12 rings (SSSR count). The summed E-state index contributed by atoms with van der Waals surface area (Å²) < 4.78 is 5.27. The van der Waals surface area contributed by atoms with Gasteiger partial charge in [0.1, 0.15) is 0 Å². The van der Waals surface area contributed by atoms with Gasteiger partial charge in [0.05, 0.1) is 11.0 Å². The zero-order valence-electron chi connectivity index (χ0n) is 23.1. The van der Waals surface area contributed by atoms with Crippen molar-refractivity contribution in [2.75, 3.05) is 0 Å². The molecule has 4 heterocycles. The van der Waals surface area contributed by atoms with Crippen molar-refractivity contribution in [2.24, 2.45) is 0 Å². The highest BCUT2D eigenvalue weighted by Crippen LogP contribution is 2.47. The minimum atomic E-state index is 0.0845. The number of hydrogen-bond acceptors (Lipinski definition) is 0. The Labute approximate surface area is 246 Å². The van der Waals surface area contributed by atoms with E-state index in [4.69, 9.17) is 0 Å². The minimum Gasteiger partial charge on any atom is -0.375 e. The smallest absolute Gasteiger partial charge is 0.333 e. The largest absolute Gasteiger partial charge is 0.375 e. The summed E-state index contributed by atoms with van der Waals surface area (Å²) in [6, 6.07) is 48.1. The van der Waals surface area contributed by atoms with Gasteiger partial charge in [0, 0.05) is 43.8 Å². The van der Waals surface area contributed by atoms with Crippen molar-refractivity contribution < 1.29 is 0 Å². The summed E-state index contributed by atoms with van der Waals surface area (Å²) in [5, 5.41) is 13.4. The van der Waals surface area contributed by atoms with Crippen LogP contribution < -0.4 is 10.9 Å². The highest BCUT2D eigenvalue weighted by molar-refractivity contribution is 6.90. The van der Waals surface area contributed by atoms with Crippen LogP contribution in [0, 0.1) is 0 Å². The molecule has 0 atom stereocenters. The minimum absolute atomic E-state index is 0.0845. The monoisotopic (exact) mass is 540 g/mol. The molecule has 0 saturated carbocycles.